The van der Waals surface area contributed by atoms with Crippen LogP contribution in [0.3, 0.4) is 0 Å². The second-order valence-electron chi connectivity index (χ2n) is 5.84. The molecule has 0 aliphatic carbocycles. The molecule has 1 saturated heterocycles. The van der Waals surface area contributed by atoms with E-state index in [1.807, 2.05) is 12.1 Å². The van der Waals surface area contributed by atoms with Crippen LogP contribution in [0.2, 0.25) is 0 Å². The number of carbonyl (C=O) groups excluding carboxylic acids is 1. The van der Waals surface area contributed by atoms with E-state index >= 15 is 0 Å². The predicted octanol–water partition coefficient (Wildman–Crippen LogP) is 2.82. The molecule has 0 atom stereocenters. The second-order valence-corrected chi connectivity index (χ2v) is 6.78. The highest BCUT2D eigenvalue weighted by atomic mass is 32.2. The first-order chi connectivity index (χ1) is 12.2. The van der Waals surface area contributed by atoms with Crippen molar-refractivity contribution in [3.8, 4) is 0 Å². The van der Waals surface area contributed by atoms with E-state index in [2.05, 4.69) is 32.3 Å². The Morgan fingerprint density at radius 2 is 1.92 bits per heavy atom. The third kappa shape index (κ3) is 5.17. The van der Waals surface area contributed by atoms with Crippen LogP contribution in [0.25, 0.3) is 0 Å². The van der Waals surface area contributed by atoms with Gasteiger partial charge in [-0.2, -0.15) is 0 Å². The Kier molecular flexibility index (Phi) is 6.25. The zero-order valence-corrected chi connectivity index (χ0v) is 15.0. The van der Waals surface area contributed by atoms with E-state index in [-0.39, 0.29) is 11.7 Å². The molecule has 0 saturated carbocycles. The number of benzene rings is 1. The van der Waals surface area contributed by atoms with Gasteiger partial charge >= 0.3 is 0 Å². The molecule has 1 aliphatic heterocycles. The first-order valence-corrected chi connectivity index (χ1v) is 9.30. The zero-order chi connectivity index (χ0) is 17.5. The van der Waals surface area contributed by atoms with Crippen molar-refractivity contribution in [3.05, 3.63) is 42.7 Å². The number of anilines is 2. The number of methoxy groups -OCH3 is 1. The van der Waals surface area contributed by atoms with E-state index in [1.54, 1.807) is 25.6 Å². The van der Waals surface area contributed by atoms with Crippen LogP contribution in [0.4, 0.5) is 11.4 Å². The number of rotatable bonds is 6. The minimum Gasteiger partial charge on any atom is -0.381 e. The second kappa shape index (κ2) is 8.82. The van der Waals surface area contributed by atoms with Gasteiger partial charge in [0.2, 0.25) is 5.91 Å². The summed E-state index contributed by atoms with van der Waals surface area (Å²) in [4.78, 5) is 22.6. The third-order valence-electron chi connectivity index (χ3n) is 4.17. The molecule has 1 amide bonds. The molecule has 1 aromatic carbocycles. The number of nitrogens with one attached hydrogen (secondary N) is 1. The van der Waals surface area contributed by atoms with Crippen molar-refractivity contribution < 1.29 is 9.53 Å². The summed E-state index contributed by atoms with van der Waals surface area (Å²) in [5, 5.41) is 3.51. The lowest BCUT2D eigenvalue weighted by atomic mass is 10.1. The first kappa shape index (κ1) is 17.7. The van der Waals surface area contributed by atoms with Crippen LogP contribution in [0, 0.1) is 0 Å². The molecule has 6 nitrogen and oxygen atoms in total. The van der Waals surface area contributed by atoms with Gasteiger partial charge in [-0.3, -0.25) is 4.79 Å². The van der Waals surface area contributed by atoms with Gasteiger partial charge < -0.3 is 15.0 Å². The topological polar surface area (TPSA) is 67.3 Å². The quantitative estimate of drug-likeness (QED) is 0.633. The van der Waals surface area contributed by atoms with Crippen LogP contribution >= 0.6 is 11.8 Å². The van der Waals surface area contributed by atoms with Crippen LogP contribution in [0.5, 0.6) is 0 Å². The van der Waals surface area contributed by atoms with Crippen molar-refractivity contribution >= 4 is 29.0 Å². The minimum absolute atomic E-state index is 0.0638. The Morgan fingerprint density at radius 3 is 2.56 bits per heavy atom. The van der Waals surface area contributed by atoms with Crippen LogP contribution in [-0.4, -0.2) is 47.9 Å². The van der Waals surface area contributed by atoms with Crippen molar-refractivity contribution in [3.63, 3.8) is 0 Å². The van der Waals surface area contributed by atoms with Crippen LogP contribution in [0.15, 0.2) is 47.9 Å². The normalized spacial score (nSPS) is 15.2. The Morgan fingerprint density at radius 1 is 1.24 bits per heavy atom. The maximum Gasteiger partial charge on any atom is 0.234 e. The highest BCUT2D eigenvalue weighted by Crippen LogP contribution is 2.23. The molecule has 132 valence electrons. The van der Waals surface area contributed by atoms with E-state index in [0.29, 0.717) is 11.3 Å². The number of nitrogens with zero attached hydrogens (tertiary/aromatic N) is 3. The van der Waals surface area contributed by atoms with Gasteiger partial charge in [0.15, 0.2) is 5.16 Å². The van der Waals surface area contributed by atoms with Crippen LogP contribution in [-0.2, 0) is 9.53 Å². The van der Waals surface area contributed by atoms with Gasteiger partial charge in [0.25, 0.3) is 0 Å². The molecular weight excluding hydrogens is 336 g/mol. The van der Waals surface area contributed by atoms with Crippen LogP contribution in [0.1, 0.15) is 12.8 Å². The van der Waals surface area contributed by atoms with Gasteiger partial charge in [0, 0.05) is 44.0 Å². The Balaban J connectivity index is 1.48. The number of amides is 1. The standard InChI is InChI=1S/C18H22N4O2S/c1-24-16-7-11-22(12-8-16)15-5-3-14(4-6-15)21-17(23)13-25-18-19-9-2-10-20-18/h2-6,9-10,16H,7-8,11-13H2,1H3,(H,21,23). The van der Waals surface area contributed by atoms with Gasteiger partial charge in [-0.1, -0.05) is 11.8 Å². The number of aromatic nitrogens is 2. The first-order valence-electron chi connectivity index (χ1n) is 8.32. The summed E-state index contributed by atoms with van der Waals surface area (Å²) in [6, 6.07) is 9.74. The zero-order valence-electron chi connectivity index (χ0n) is 14.2. The third-order valence-corrected chi connectivity index (χ3v) is 5.04. The van der Waals surface area contributed by atoms with Gasteiger partial charge in [-0.25, -0.2) is 9.97 Å². The van der Waals surface area contributed by atoms with Crippen molar-refractivity contribution in [2.24, 2.45) is 0 Å². The number of ether oxygens (including phenoxy) is 1. The number of hydrogen-bond donors (Lipinski definition) is 1. The fourth-order valence-electron chi connectivity index (χ4n) is 2.79. The monoisotopic (exact) mass is 358 g/mol. The summed E-state index contributed by atoms with van der Waals surface area (Å²) < 4.78 is 5.41. The van der Waals surface area contributed by atoms with Crippen molar-refractivity contribution in [2.45, 2.75) is 24.1 Å². The fraction of sp³-hybridized carbons (Fsp3) is 0.389. The number of piperidine rings is 1. The Bertz CT molecular complexity index is 673. The molecule has 3 rings (SSSR count). The van der Waals surface area contributed by atoms with Gasteiger partial charge in [0.05, 0.1) is 11.9 Å². The molecular formula is C18H22N4O2S. The summed E-state index contributed by atoms with van der Waals surface area (Å²) in [5.74, 6) is 0.224. The van der Waals surface area contributed by atoms with E-state index in [0.717, 1.165) is 31.6 Å². The molecule has 1 aromatic heterocycles. The summed E-state index contributed by atoms with van der Waals surface area (Å²) >= 11 is 1.32. The average molecular weight is 358 g/mol. The molecule has 0 spiro atoms. The lowest BCUT2D eigenvalue weighted by molar-refractivity contribution is -0.113. The summed E-state index contributed by atoms with van der Waals surface area (Å²) in [6.45, 7) is 2.00. The lowest BCUT2D eigenvalue weighted by Crippen LogP contribution is -2.36. The number of carbonyl (C=O) groups is 1. The molecule has 2 aromatic rings. The Hall–Kier alpha value is -2.12. The molecule has 7 heteroatoms. The van der Waals surface area contributed by atoms with Crippen molar-refractivity contribution in [2.75, 3.05) is 36.2 Å². The highest BCUT2D eigenvalue weighted by molar-refractivity contribution is 7.99. The van der Waals surface area contributed by atoms with E-state index in [9.17, 15) is 4.79 Å². The maximum atomic E-state index is 12.0. The number of thioether (sulfide) groups is 1. The molecule has 1 N–H and O–H groups in total. The Labute approximate surface area is 152 Å². The largest absolute Gasteiger partial charge is 0.381 e. The molecule has 2 heterocycles. The molecule has 1 aliphatic rings. The van der Waals surface area contributed by atoms with Gasteiger partial charge in [0.1, 0.15) is 0 Å². The molecule has 0 bridgehead atoms. The summed E-state index contributed by atoms with van der Waals surface area (Å²) in [6.07, 6.45) is 5.81. The minimum atomic E-state index is -0.0638. The average Bonchev–Trinajstić information content (AvgIpc) is 2.68. The van der Waals surface area contributed by atoms with Crippen molar-refractivity contribution in [1.29, 1.82) is 0 Å². The maximum absolute atomic E-state index is 12.0. The SMILES string of the molecule is COC1CCN(c2ccc(NC(=O)CSc3ncccn3)cc2)CC1. The molecule has 0 radical (unpaired) electrons. The lowest BCUT2D eigenvalue weighted by Gasteiger charge is -2.33. The van der Waals surface area contributed by atoms with E-state index in [1.165, 1.54) is 17.4 Å². The molecule has 0 unspecified atom stereocenters. The van der Waals surface area contributed by atoms with Gasteiger partial charge in [-0.15, -0.1) is 0 Å². The smallest absolute Gasteiger partial charge is 0.234 e. The van der Waals surface area contributed by atoms with E-state index < -0.39 is 0 Å². The fourth-order valence-corrected chi connectivity index (χ4v) is 3.40. The molecule has 1 fully saturated rings. The highest BCUT2D eigenvalue weighted by Gasteiger charge is 2.18. The summed E-state index contributed by atoms with van der Waals surface area (Å²) in [5.41, 5.74) is 1.98. The number of hydrogen-bond acceptors (Lipinski definition) is 6. The predicted molar refractivity (Wildman–Crippen MR) is 100 cm³/mol. The van der Waals surface area contributed by atoms with Crippen LogP contribution < -0.4 is 10.2 Å². The molecule has 25 heavy (non-hydrogen) atoms. The summed E-state index contributed by atoms with van der Waals surface area (Å²) in [7, 11) is 1.78. The van der Waals surface area contributed by atoms with Crippen molar-refractivity contribution in [1.82, 2.24) is 9.97 Å². The van der Waals surface area contributed by atoms with Gasteiger partial charge in [-0.05, 0) is 43.2 Å². The van der Waals surface area contributed by atoms with E-state index in [4.69, 9.17) is 4.74 Å².